The number of anilines is 1. The molecule has 2 rings (SSSR count). The van der Waals surface area contributed by atoms with E-state index in [0.29, 0.717) is 11.3 Å². The van der Waals surface area contributed by atoms with Gasteiger partial charge in [0.25, 0.3) is 0 Å². The molecule has 2 N–H and O–H groups in total. The van der Waals surface area contributed by atoms with E-state index in [4.69, 9.17) is 5.73 Å². The van der Waals surface area contributed by atoms with Crippen molar-refractivity contribution in [2.75, 3.05) is 5.73 Å². The number of hydrogen-bond acceptors (Lipinski definition) is 3. The summed E-state index contributed by atoms with van der Waals surface area (Å²) in [4.78, 5) is 14.2. The van der Waals surface area contributed by atoms with Crippen LogP contribution in [0.1, 0.15) is 25.7 Å². The van der Waals surface area contributed by atoms with Crippen LogP contribution in [-0.4, -0.2) is 5.78 Å². The molecule has 0 aliphatic carbocycles. The Bertz CT molecular complexity index is 569. The first-order valence-electron chi connectivity index (χ1n) is 5.15. The third-order valence-electron chi connectivity index (χ3n) is 2.38. The molecular weight excluding hydrogens is 298 g/mol. The zero-order valence-corrected chi connectivity index (χ0v) is 12.0. The lowest BCUT2D eigenvalue weighted by Gasteiger charge is -2.03. The lowest BCUT2D eigenvalue weighted by molar-refractivity contribution is 0.104. The quantitative estimate of drug-likeness (QED) is 0.674. The van der Waals surface area contributed by atoms with Crippen LogP contribution < -0.4 is 5.73 Å². The van der Waals surface area contributed by atoms with E-state index in [-0.39, 0.29) is 5.78 Å². The summed E-state index contributed by atoms with van der Waals surface area (Å²) in [6, 6.07) is 7.39. The molecule has 1 heterocycles. The van der Waals surface area contributed by atoms with Crippen LogP contribution in [0.25, 0.3) is 0 Å². The van der Waals surface area contributed by atoms with Crippen molar-refractivity contribution in [3.8, 4) is 0 Å². The summed E-state index contributed by atoms with van der Waals surface area (Å²) >= 11 is 4.90. The zero-order valence-electron chi connectivity index (χ0n) is 9.58. The smallest absolute Gasteiger partial charge is 0.204 e. The topological polar surface area (TPSA) is 43.1 Å². The fourth-order valence-electron chi connectivity index (χ4n) is 1.71. The predicted molar refractivity (Wildman–Crippen MR) is 75.8 cm³/mol. The fourth-order valence-corrected chi connectivity index (χ4v) is 3.50. The van der Waals surface area contributed by atoms with Gasteiger partial charge in [-0.2, -0.15) is 0 Å². The largest absolute Gasteiger partial charge is 0.399 e. The first-order valence-corrected chi connectivity index (χ1v) is 6.76. The van der Waals surface area contributed by atoms with Crippen molar-refractivity contribution in [2.45, 2.75) is 13.8 Å². The monoisotopic (exact) mass is 309 g/mol. The molecule has 88 valence electrons. The number of nitrogens with two attached hydrogens (primary N) is 1. The Balaban J connectivity index is 2.47. The average Bonchev–Trinajstić information content (AvgIpc) is 2.55. The van der Waals surface area contributed by atoms with Crippen molar-refractivity contribution in [2.24, 2.45) is 0 Å². The molecule has 0 bridgehead atoms. The van der Waals surface area contributed by atoms with E-state index >= 15 is 0 Å². The number of hydrogen-bond donors (Lipinski definition) is 1. The van der Waals surface area contributed by atoms with Crippen molar-refractivity contribution < 1.29 is 4.79 Å². The fraction of sp³-hybridized carbons (Fsp3) is 0.154. The van der Waals surface area contributed by atoms with E-state index in [0.717, 1.165) is 19.8 Å². The van der Waals surface area contributed by atoms with Crippen LogP contribution in [0.3, 0.4) is 0 Å². The average molecular weight is 310 g/mol. The SMILES string of the molecule is Cc1cc(N)cc(C(=O)c2sc(C)cc2Br)c1. The van der Waals surface area contributed by atoms with Gasteiger partial charge < -0.3 is 5.73 Å². The van der Waals surface area contributed by atoms with E-state index in [1.165, 1.54) is 11.3 Å². The highest BCUT2D eigenvalue weighted by Crippen LogP contribution is 2.29. The minimum absolute atomic E-state index is 0.0189. The van der Waals surface area contributed by atoms with Gasteiger partial charge in [0.2, 0.25) is 5.78 Å². The van der Waals surface area contributed by atoms with Crippen LogP contribution in [0.4, 0.5) is 5.69 Å². The van der Waals surface area contributed by atoms with Crippen LogP contribution >= 0.6 is 27.3 Å². The summed E-state index contributed by atoms with van der Waals surface area (Å²) in [5.74, 6) is 0.0189. The lowest BCUT2D eigenvalue weighted by Crippen LogP contribution is -2.01. The number of aryl methyl sites for hydroxylation is 2. The molecule has 0 atom stereocenters. The molecule has 2 aromatic rings. The summed E-state index contributed by atoms with van der Waals surface area (Å²) in [5.41, 5.74) is 8.02. The zero-order chi connectivity index (χ0) is 12.6. The van der Waals surface area contributed by atoms with Gasteiger partial charge in [-0.05, 0) is 59.6 Å². The maximum absolute atomic E-state index is 12.3. The molecule has 0 spiro atoms. The molecule has 0 unspecified atom stereocenters. The van der Waals surface area contributed by atoms with Crippen molar-refractivity contribution in [3.63, 3.8) is 0 Å². The first kappa shape index (κ1) is 12.3. The number of halogens is 1. The maximum atomic E-state index is 12.3. The second-order valence-corrected chi connectivity index (χ2v) is 6.11. The van der Waals surface area contributed by atoms with Gasteiger partial charge in [-0.1, -0.05) is 0 Å². The number of ketones is 1. The van der Waals surface area contributed by atoms with Crippen molar-refractivity contribution >= 4 is 38.7 Å². The van der Waals surface area contributed by atoms with Crippen LogP contribution in [0, 0.1) is 13.8 Å². The van der Waals surface area contributed by atoms with Crippen molar-refractivity contribution in [3.05, 3.63) is 49.6 Å². The molecule has 0 saturated carbocycles. The minimum atomic E-state index is 0.0189. The van der Waals surface area contributed by atoms with Crippen LogP contribution in [0.5, 0.6) is 0 Å². The van der Waals surface area contributed by atoms with Crippen molar-refractivity contribution in [1.82, 2.24) is 0 Å². The first-order chi connectivity index (χ1) is 7.97. The van der Waals surface area contributed by atoms with Gasteiger partial charge in [0.05, 0.1) is 4.88 Å². The highest BCUT2D eigenvalue weighted by molar-refractivity contribution is 9.10. The molecule has 17 heavy (non-hydrogen) atoms. The summed E-state index contributed by atoms with van der Waals surface area (Å²) in [7, 11) is 0. The molecule has 0 aliphatic rings. The number of carbonyl (C=O) groups excluding carboxylic acids is 1. The molecule has 0 aliphatic heterocycles. The van der Waals surface area contributed by atoms with Crippen molar-refractivity contribution in [1.29, 1.82) is 0 Å². The van der Waals surface area contributed by atoms with E-state index in [1.807, 2.05) is 32.0 Å². The summed E-state index contributed by atoms with van der Waals surface area (Å²) < 4.78 is 0.852. The molecule has 4 heteroatoms. The van der Waals surface area contributed by atoms with Gasteiger partial charge in [0.1, 0.15) is 0 Å². The van der Waals surface area contributed by atoms with Gasteiger partial charge in [-0.3, -0.25) is 4.79 Å². The number of thiophene rings is 1. The van der Waals surface area contributed by atoms with Gasteiger partial charge in [0.15, 0.2) is 0 Å². The summed E-state index contributed by atoms with van der Waals surface area (Å²) in [6.07, 6.45) is 0. The van der Waals surface area contributed by atoms with E-state index in [1.54, 1.807) is 6.07 Å². The Kier molecular flexibility index (Phi) is 3.35. The maximum Gasteiger partial charge on any atom is 0.204 e. The number of nitrogen functional groups attached to an aromatic ring is 1. The molecular formula is C13H12BrNOS. The Morgan fingerprint density at radius 1 is 1.24 bits per heavy atom. The minimum Gasteiger partial charge on any atom is -0.399 e. The summed E-state index contributed by atoms with van der Waals surface area (Å²) in [5, 5.41) is 0. The number of carbonyl (C=O) groups is 1. The second-order valence-electron chi connectivity index (χ2n) is 4.00. The van der Waals surface area contributed by atoms with Gasteiger partial charge in [-0.25, -0.2) is 0 Å². The Labute approximate surface area is 113 Å². The third-order valence-corrected chi connectivity index (χ3v) is 4.32. The van der Waals surface area contributed by atoms with Gasteiger partial charge in [-0.15, -0.1) is 11.3 Å². The van der Waals surface area contributed by atoms with E-state index in [9.17, 15) is 4.79 Å². The third kappa shape index (κ3) is 2.58. The lowest BCUT2D eigenvalue weighted by atomic mass is 10.1. The second kappa shape index (κ2) is 4.63. The molecule has 0 fully saturated rings. The van der Waals surface area contributed by atoms with E-state index in [2.05, 4.69) is 15.9 Å². The Morgan fingerprint density at radius 2 is 1.94 bits per heavy atom. The Morgan fingerprint density at radius 3 is 2.47 bits per heavy atom. The standard InChI is InChI=1S/C13H12BrNOS/c1-7-3-9(6-10(15)4-7)12(16)13-11(14)5-8(2)17-13/h3-6H,15H2,1-2H3. The Hall–Kier alpha value is -1.13. The number of rotatable bonds is 2. The highest BCUT2D eigenvalue weighted by Gasteiger charge is 2.16. The van der Waals surface area contributed by atoms with Crippen LogP contribution in [0.15, 0.2) is 28.7 Å². The number of benzene rings is 1. The normalized spacial score (nSPS) is 10.5. The van der Waals surface area contributed by atoms with Gasteiger partial charge >= 0.3 is 0 Å². The van der Waals surface area contributed by atoms with Gasteiger partial charge in [0, 0.05) is 20.6 Å². The van der Waals surface area contributed by atoms with E-state index < -0.39 is 0 Å². The molecule has 0 radical (unpaired) electrons. The molecule has 1 aromatic heterocycles. The summed E-state index contributed by atoms with van der Waals surface area (Å²) in [6.45, 7) is 3.92. The molecule has 0 amide bonds. The molecule has 2 nitrogen and oxygen atoms in total. The molecule has 0 saturated heterocycles. The highest BCUT2D eigenvalue weighted by atomic mass is 79.9. The predicted octanol–water partition coefficient (Wildman–Crippen LogP) is 3.94. The molecule has 1 aromatic carbocycles. The van der Waals surface area contributed by atoms with Crippen LogP contribution in [-0.2, 0) is 0 Å². The van der Waals surface area contributed by atoms with Crippen LogP contribution in [0.2, 0.25) is 0 Å².